The zero-order chi connectivity index (χ0) is 20.5. The first-order valence-corrected chi connectivity index (χ1v) is 9.84. The average molecular weight is 420 g/mol. The van der Waals surface area contributed by atoms with E-state index in [0.29, 0.717) is 44.3 Å². The number of benzene rings is 2. The molecule has 2 saturated heterocycles. The van der Waals surface area contributed by atoms with Gasteiger partial charge < -0.3 is 14.7 Å². The van der Waals surface area contributed by atoms with Crippen molar-refractivity contribution in [1.29, 1.82) is 0 Å². The number of likely N-dealkylation sites (tertiary alicyclic amines) is 1. The number of halogens is 3. The molecule has 0 radical (unpaired) electrons. The van der Waals surface area contributed by atoms with E-state index >= 15 is 0 Å². The zero-order valence-corrected chi connectivity index (χ0v) is 16.4. The lowest BCUT2D eigenvalue weighted by atomic mass is 9.96. The van der Waals surface area contributed by atoms with Crippen LogP contribution in [0.4, 0.5) is 14.5 Å². The molecule has 0 atom stereocenters. The molecular formula is C21H20ClF2N3O2. The minimum Gasteiger partial charge on any atom is -0.367 e. The summed E-state index contributed by atoms with van der Waals surface area (Å²) in [6.45, 7) is 3.16. The SMILES string of the molecule is O=C(c1ccc(F)c(F)c1)N1CC(C(=O)N2CCN(c3ccccc3Cl)CC2)C1. The van der Waals surface area contributed by atoms with Crippen LogP contribution in [0.3, 0.4) is 0 Å². The number of nitrogens with zero attached hydrogens (tertiary/aromatic N) is 3. The summed E-state index contributed by atoms with van der Waals surface area (Å²) in [7, 11) is 0. The fourth-order valence-electron chi connectivity index (χ4n) is 3.75. The molecule has 152 valence electrons. The van der Waals surface area contributed by atoms with Gasteiger partial charge in [-0.2, -0.15) is 0 Å². The number of rotatable bonds is 3. The van der Waals surface area contributed by atoms with E-state index in [9.17, 15) is 18.4 Å². The van der Waals surface area contributed by atoms with Gasteiger partial charge in [-0.1, -0.05) is 23.7 Å². The summed E-state index contributed by atoms with van der Waals surface area (Å²) in [5.41, 5.74) is 1.05. The van der Waals surface area contributed by atoms with Gasteiger partial charge >= 0.3 is 0 Å². The van der Waals surface area contributed by atoms with E-state index in [2.05, 4.69) is 4.90 Å². The molecule has 29 heavy (non-hydrogen) atoms. The Kier molecular flexibility index (Phi) is 5.41. The second-order valence-electron chi connectivity index (χ2n) is 7.30. The van der Waals surface area contributed by atoms with E-state index in [1.807, 2.05) is 29.2 Å². The molecule has 2 heterocycles. The Bertz CT molecular complexity index is 941. The van der Waals surface area contributed by atoms with Crippen molar-refractivity contribution in [2.75, 3.05) is 44.2 Å². The summed E-state index contributed by atoms with van der Waals surface area (Å²) in [5, 5.41) is 0.692. The second kappa shape index (κ2) is 7.99. The topological polar surface area (TPSA) is 43.9 Å². The summed E-state index contributed by atoms with van der Waals surface area (Å²) in [6, 6.07) is 10.7. The van der Waals surface area contributed by atoms with E-state index < -0.39 is 17.5 Å². The lowest BCUT2D eigenvalue weighted by Gasteiger charge is -2.43. The third kappa shape index (κ3) is 3.92. The van der Waals surface area contributed by atoms with Gasteiger partial charge in [-0.15, -0.1) is 0 Å². The lowest BCUT2D eigenvalue weighted by Crippen LogP contribution is -2.59. The van der Waals surface area contributed by atoms with E-state index in [-0.39, 0.29) is 17.4 Å². The van der Waals surface area contributed by atoms with E-state index in [0.717, 1.165) is 17.8 Å². The van der Waals surface area contributed by atoms with Gasteiger partial charge in [0.15, 0.2) is 11.6 Å². The Morgan fingerprint density at radius 3 is 2.24 bits per heavy atom. The molecule has 0 spiro atoms. The van der Waals surface area contributed by atoms with Crippen molar-refractivity contribution in [3.8, 4) is 0 Å². The standard InChI is InChI=1S/C21H20ClF2N3O2/c22-16-3-1-2-4-19(16)25-7-9-26(10-8-25)21(29)15-12-27(13-15)20(28)14-5-6-17(23)18(24)11-14/h1-6,11,15H,7-10,12-13H2. The maximum absolute atomic E-state index is 13.3. The van der Waals surface area contributed by atoms with Gasteiger partial charge in [-0.05, 0) is 30.3 Å². The highest BCUT2D eigenvalue weighted by Gasteiger charge is 2.39. The first-order valence-electron chi connectivity index (χ1n) is 9.46. The largest absolute Gasteiger partial charge is 0.367 e. The van der Waals surface area contributed by atoms with Crippen molar-refractivity contribution >= 4 is 29.1 Å². The summed E-state index contributed by atoms with van der Waals surface area (Å²) in [6.07, 6.45) is 0. The van der Waals surface area contributed by atoms with Crippen LogP contribution in [0.25, 0.3) is 0 Å². The van der Waals surface area contributed by atoms with Crippen molar-refractivity contribution in [2.24, 2.45) is 5.92 Å². The maximum atomic E-state index is 13.3. The molecule has 0 aliphatic carbocycles. The highest BCUT2D eigenvalue weighted by atomic mass is 35.5. The number of para-hydroxylation sites is 1. The number of hydrogen-bond acceptors (Lipinski definition) is 3. The molecule has 0 N–H and O–H groups in total. The fraction of sp³-hybridized carbons (Fsp3) is 0.333. The average Bonchev–Trinajstić information content (AvgIpc) is 2.69. The first-order chi connectivity index (χ1) is 13.9. The van der Waals surface area contributed by atoms with Crippen LogP contribution >= 0.6 is 11.6 Å². The summed E-state index contributed by atoms with van der Waals surface area (Å²) >= 11 is 6.25. The van der Waals surface area contributed by atoms with Gasteiger partial charge in [-0.25, -0.2) is 8.78 Å². The predicted octanol–water partition coefficient (Wildman–Crippen LogP) is 3.04. The van der Waals surface area contributed by atoms with Crippen molar-refractivity contribution in [3.05, 3.63) is 64.7 Å². The molecule has 4 rings (SSSR count). The number of piperazine rings is 1. The summed E-state index contributed by atoms with van der Waals surface area (Å²) in [4.78, 5) is 30.5. The van der Waals surface area contributed by atoms with Crippen molar-refractivity contribution in [1.82, 2.24) is 9.80 Å². The molecule has 2 aromatic carbocycles. The summed E-state index contributed by atoms with van der Waals surface area (Å²) < 4.78 is 26.4. The van der Waals surface area contributed by atoms with Crippen LogP contribution in [0, 0.1) is 17.6 Å². The molecule has 0 unspecified atom stereocenters. The normalized spacial score (nSPS) is 17.3. The quantitative estimate of drug-likeness (QED) is 0.768. The molecule has 5 nitrogen and oxygen atoms in total. The molecule has 2 amide bonds. The molecule has 2 aliphatic rings. The predicted molar refractivity (Wildman–Crippen MR) is 106 cm³/mol. The molecule has 2 aliphatic heterocycles. The highest BCUT2D eigenvalue weighted by molar-refractivity contribution is 6.33. The van der Waals surface area contributed by atoms with Crippen LogP contribution in [-0.2, 0) is 4.79 Å². The number of hydrogen-bond donors (Lipinski definition) is 0. The number of anilines is 1. The minimum absolute atomic E-state index is 0.0261. The Labute approximate surface area is 172 Å². The van der Waals surface area contributed by atoms with Gasteiger partial charge in [0.1, 0.15) is 0 Å². The Morgan fingerprint density at radius 1 is 0.897 bits per heavy atom. The van der Waals surface area contributed by atoms with Crippen LogP contribution in [0.15, 0.2) is 42.5 Å². The van der Waals surface area contributed by atoms with Crippen LogP contribution in [-0.4, -0.2) is 60.9 Å². The molecule has 8 heteroatoms. The Balaban J connectivity index is 1.29. The van der Waals surface area contributed by atoms with Crippen LogP contribution < -0.4 is 4.90 Å². The first kappa shape index (κ1) is 19.6. The zero-order valence-electron chi connectivity index (χ0n) is 15.7. The number of amides is 2. The Morgan fingerprint density at radius 2 is 1.59 bits per heavy atom. The van der Waals surface area contributed by atoms with E-state index in [4.69, 9.17) is 11.6 Å². The van der Waals surface area contributed by atoms with Gasteiger partial charge in [0, 0.05) is 44.8 Å². The van der Waals surface area contributed by atoms with Crippen LogP contribution in [0.1, 0.15) is 10.4 Å². The third-order valence-electron chi connectivity index (χ3n) is 5.47. The van der Waals surface area contributed by atoms with Gasteiger partial charge in [0.2, 0.25) is 5.91 Å². The third-order valence-corrected chi connectivity index (χ3v) is 5.79. The van der Waals surface area contributed by atoms with Gasteiger partial charge in [-0.3, -0.25) is 9.59 Å². The van der Waals surface area contributed by atoms with E-state index in [1.54, 1.807) is 0 Å². The van der Waals surface area contributed by atoms with Gasteiger partial charge in [0.05, 0.1) is 16.6 Å². The molecule has 0 aromatic heterocycles. The summed E-state index contributed by atoms with van der Waals surface area (Å²) in [5.74, 6) is -2.67. The smallest absolute Gasteiger partial charge is 0.254 e. The fourth-order valence-corrected chi connectivity index (χ4v) is 4.00. The second-order valence-corrected chi connectivity index (χ2v) is 7.71. The monoisotopic (exact) mass is 419 g/mol. The number of carbonyl (C=O) groups is 2. The Hall–Kier alpha value is -2.67. The van der Waals surface area contributed by atoms with Crippen molar-refractivity contribution in [3.63, 3.8) is 0 Å². The maximum Gasteiger partial charge on any atom is 0.254 e. The molecule has 2 aromatic rings. The lowest BCUT2D eigenvalue weighted by molar-refractivity contribution is -0.140. The van der Waals surface area contributed by atoms with E-state index in [1.165, 1.54) is 11.0 Å². The molecule has 2 fully saturated rings. The molecular weight excluding hydrogens is 400 g/mol. The van der Waals surface area contributed by atoms with Gasteiger partial charge in [0.25, 0.3) is 5.91 Å². The molecule has 0 bridgehead atoms. The van der Waals surface area contributed by atoms with Crippen molar-refractivity contribution in [2.45, 2.75) is 0 Å². The molecule has 0 saturated carbocycles. The van der Waals surface area contributed by atoms with Crippen LogP contribution in [0.2, 0.25) is 5.02 Å². The van der Waals surface area contributed by atoms with Crippen molar-refractivity contribution < 1.29 is 18.4 Å². The highest BCUT2D eigenvalue weighted by Crippen LogP contribution is 2.27. The number of carbonyl (C=O) groups excluding carboxylic acids is 2. The van der Waals surface area contributed by atoms with Crippen LogP contribution in [0.5, 0.6) is 0 Å². The minimum atomic E-state index is -1.06.